The van der Waals surface area contributed by atoms with Gasteiger partial charge in [0.15, 0.2) is 0 Å². The van der Waals surface area contributed by atoms with Crippen LogP contribution in [0.2, 0.25) is 0 Å². The fourth-order valence-electron chi connectivity index (χ4n) is 2.97. The van der Waals surface area contributed by atoms with Crippen molar-refractivity contribution in [1.82, 2.24) is 15.8 Å². The first kappa shape index (κ1) is 20.7. The monoisotopic (exact) mass is 413 g/mol. The van der Waals surface area contributed by atoms with Crippen LogP contribution in [0.1, 0.15) is 23.6 Å². The normalized spacial score (nSPS) is 18.6. The molecule has 29 heavy (non-hydrogen) atoms. The Morgan fingerprint density at radius 3 is 2.45 bits per heavy atom. The highest BCUT2D eigenvalue weighted by atomic mass is 32.2. The van der Waals surface area contributed by atoms with Crippen molar-refractivity contribution in [2.75, 3.05) is 12.9 Å². The van der Waals surface area contributed by atoms with Crippen molar-refractivity contribution in [1.29, 1.82) is 0 Å². The van der Waals surface area contributed by atoms with E-state index in [4.69, 9.17) is 4.74 Å². The number of imide groups is 1. The van der Waals surface area contributed by atoms with E-state index in [0.29, 0.717) is 11.3 Å². The van der Waals surface area contributed by atoms with E-state index in [-0.39, 0.29) is 5.75 Å². The minimum absolute atomic E-state index is 0.0822. The van der Waals surface area contributed by atoms with Crippen LogP contribution in [-0.2, 0) is 15.1 Å². The second-order valence-electron chi connectivity index (χ2n) is 6.99. The molecule has 0 aliphatic carbocycles. The number of rotatable bonds is 6. The van der Waals surface area contributed by atoms with Crippen LogP contribution in [0.5, 0.6) is 5.75 Å². The quantitative estimate of drug-likeness (QED) is 0.562. The van der Waals surface area contributed by atoms with Crippen LogP contribution in [0.15, 0.2) is 47.4 Å². The molecule has 0 aromatic heterocycles. The zero-order chi connectivity index (χ0) is 21.2. The van der Waals surface area contributed by atoms with Gasteiger partial charge < -0.3 is 10.1 Å². The van der Waals surface area contributed by atoms with Gasteiger partial charge in [-0.3, -0.25) is 15.0 Å². The third-order valence-corrected chi connectivity index (χ3v) is 5.94. The fourth-order valence-corrected chi connectivity index (χ4v) is 3.76. The highest BCUT2D eigenvalue weighted by Crippen LogP contribution is 2.29. The van der Waals surface area contributed by atoms with Crippen molar-refractivity contribution >= 4 is 29.6 Å². The van der Waals surface area contributed by atoms with E-state index in [9.17, 15) is 14.4 Å². The molecule has 8 heteroatoms. The molecule has 1 saturated heterocycles. The molecule has 1 fully saturated rings. The van der Waals surface area contributed by atoms with E-state index in [0.717, 1.165) is 15.5 Å². The number of methoxy groups -OCH3 is 1. The summed E-state index contributed by atoms with van der Waals surface area (Å²) < 4.78 is 5.12. The van der Waals surface area contributed by atoms with E-state index in [1.165, 1.54) is 17.3 Å². The molecule has 2 N–H and O–H groups in total. The lowest BCUT2D eigenvalue weighted by Gasteiger charge is -2.22. The Morgan fingerprint density at radius 1 is 1.14 bits per heavy atom. The molecule has 152 valence electrons. The highest BCUT2D eigenvalue weighted by molar-refractivity contribution is 8.00. The highest BCUT2D eigenvalue weighted by Gasteiger charge is 2.50. The summed E-state index contributed by atoms with van der Waals surface area (Å²) in [6, 6.07) is 12.1. The molecule has 1 aliphatic heterocycles. The Kier molecular flexibility index (Phi) is 5.83. The number of amides is 4. The molecule has 0 bridgehead atoms. The van der Waals surface area contributed by atoms with Crippen LogP contribution in [0.25, 0.3) is 0 Å². The molecule has 2 aromatic carbocycles. The predicted octanol–water partition coefficient (Wildman–Crippen LogP) is 2.90. The Morgan fingerprint density at radius 2 is 1.83 bits per heavy atom. The predicted molar refractivity (Wildman–Crippen MR) is 111 cm³/mol. The number of urea groups is 1. The van der Waals surface area contributed by atoms with Gasteiger partial charge in [-0.05, 0) is 61.7 Å². The average Bonchev–Trinajstić information content (AvgIpc) is 2.93. The SMILES string of the molecule is COc1ccc([C@]2(C)NC(=O)N(NC(=O)CSc3ccc(C)c(C)c3)C2=O)cc1. The van der Waals surface area contributed by atoms with Crippen LogP contribution in [0, 0.1) is 13.8 Å². The van der Waals surface area contributed by atoms with Crippen LogP contribution in [0.4, 0.5) is 4.79 Å². The zero-order valence-corrected chi connectivity index (χ0v) is 17.6. The maximum Gasteiger partial charge on any atom is 0.344 e. The lowest BCUT2D eigenvalue weighted by Crippen LogP contribution is -2.48. The zero-order valence-electron chi connectivity index (χ0n) is 16.7. The van der Waals surface area contributed by atoms with Crippen molar-refractivity contribution in [3.63, 3.8) is 0 Å². The minimum Gasteiger partial charge on any atom is -0.497 e. The molecule has 1 atom stereocenters. The minimum atomic E-state index is -1.27. The van der Waals surface area contributed by atoms with Crippen molar-refractivity contribution in [3.8, 4) is 5.75 Å². The summed E-state index contributed by atoms with van der Waals surface area (Å²) in [6.07, 6.45) is 0. The Balaban J connectivity index is 1.65. The van der Waals surface area contributed by atoms with E-state index < -0.39 is 23.4 Å². The summed E-state index contributed by atoms with van der Waals surface area (Å²) in [5.74, 6) is -0.255. The molecule has 0 radical (unpaired) electrons. The largest absolute Gasteiger partial charge is 0.497 e. The molecule has 4 amide bonds. The Labute approximate surface area is 173 Å². The number of thioether (sulfide) groups is 1. The molecule has 0 saturated carbocycles. The van der Waals surface area contributed by atoms with Gasteiger partial charge >= 0.3 is 6.03 Å². The Bertz CT molecular complexity index is 961. The third kappa shape index (κ3) is 4.22. The third-order valence-electron chi connectivity index (χ3n) is 4.94. The first-order chi connectivity index (χ1) is 13.7. The lowest BCUT2D eigenvalue weighted by atomic mass is 9.92. The maximum atomic E-state index is 12.9. The van der Waals surface area contributed by atoms with Gasteiger partial charge in [0.05, 0.1) is 12.9 Å². The first-order valence-electron chi connectivity index (χ1n) is 9.05. The number of hydrazine groups is 1. The van der Waals surface area contributed by atoms with Gasteiger partial charge in [-0.2, -0.15) is 5.01 Å². The van der Waals surface area contributed by atoms with Gasteiger partial charge in [-0.15, -0.1) is 11.8 Å². The molecular weight excluding hydrogens is 390 g/mol. The maximum absolute atomic E-state index is 12.9. The van der Waals surface area contributed by atoms with Gasteiger partial charge in [0.25, 0.3) is 5.91 Å². The average molecular weight is 413 g/mol. The smallest absolute Gasteiger partial charge is 0.344 e. The standard InChI is InChI=1S/C21H23N3O4S/c1-13-5-10-17(11-14(13)2)29-12-18(25)23-24-19(26)21(3,22-20(24)27)15-6-8-16(28-4)9-7-15/h5-11H,12H2,1-4H3,(H,22,27)(H,23,25)/t21-/m0/s1. The molecule has 3 rings (SSSR count). The van der Waals surface area contributed by atoms with Gasteiger partial charge in [0, 0.05) is 4.90 Å². The molecule has 7 nitrogen and oxygen atoms in total. The molecule has 1 heterocycles. The molecule has 1 aliphatic rings. The van der Waals surface area contributed by atoms with Gasteiger partial charge in [-0.25, -0.2) is 4.79 Å². The summed E-state index contributed by atoms with van der Waals surface area (Å²) in [6.45, 7) is 5.63. The van der Waals surface area contributed by atoms with Crippen LogP contribution in [-0.4, -0.2) is 35.7 Å². The van der Waals surface area contributed by atoms with Gasteiger partial charge in [-0.1, -0.05) is 18.2 Å². The number of ether oxygens (including phenoxy) is 1. The number of carbonyl (C=O) groups is 3. The summed E-state index contributed by atoms with van der Waals surface area (Å²) in [5.41, 5.74) is 4.05. The molecule has 2 aromatic rings. The second-order valence-corrected chi connectivity index (χ2v) is 8.04. The number of hydrogen-bond acceptors (Lipinski definition) is 5. The van der Waals surface area contributed by atoms with Crippen molar-refractivity contribution < 1.29 is 19.1 Å². The number of aryl methyl sites for hydroxylation is 2. The van der Waals surface area contributed by atoms with E-state index in [2.05, 4.69) is 10.7 Å². The number of carbonyl (C=O) groups excluding carboxylic acids is 3. The number of hydrogen-bond donors (Lipinski definition) is 2. The molecule has 0 unspecified atom stereocenters. The Hall–Kier alpha value is -3.00. The number of nitrogens with zero attached hydrogens (tertiary/aromatic N) is 1. The summed E-state index contributed by atoms with van der Waals surface area (Å²) >= 11 is 1.34. The topological polar surface area (TPSA) is 87.7 Å². The van der Waals surface area contributed by atoms with E-state index in [1.54, 1.807) is 38.3 Å². The van der Waals surface area contributed by atoms with E-state index >= 15 is 0 Å². The van der Waals surface area contributed by atoms with Crippen molar-refractivity contribution in [3.05, 3.63) is 59.2 Å². The lowest BCUT2D eigenvalue weighted by molar-refractivity contribution is -0.138. The van der Waals surface area contributed by atoms with Crippen LogP contribution < -0.4 is 15.5 Å². The van der Waals surface area contributed by atoms with E-state index in [1.807, 2.05) is 32.0 Å². The summed E-state index contributed by atoms with van der Waals surface area (Å²) in [5, 5.41) is 3.40. The van der Waals surface area contributed by atoms with Crippen LogP contribution in [0.3, 0.4) is 0 Å². The van der Waals surface area contributed by atoms with Crippen molar-refractivity contribution in [2.45, 2.75) is 31.2 Å². The van der Waals surface area contributed by atoms with Gasteiger partial charge in [0.2, 0.25) is 5.91 Å². The number of nitrogens with one attached hydrogen (secondary N) is 2. The summed E-state index contributed by atoms with van der Waals surface area (Å²) in [7, 11) is 1.55. The first-order valence-corrected chi connectivity index (χ1v) is 10.0. The fraction of sp³-hybridized carbons (Fsp3) is 0.286. The molecule has 0 spiro atoms. The number of benzene rings is 2. The van der Waals surface area contributed by atoms with Crippen molar-refractivity contribution in [2.24, 2.45) is 0 Å². The van der Waals surface area contributed by atoms with Crippen LogP contribution >= 0.6 is 11.8 Å². The summed E-state index contributed by atoms with van der Waals surface area (Å²) in [4.78, 5) is 38.5. The second kappa shape index (κ2) is 8.16. The van der Waals surface area contributed by atoms with Gasteiger partial charge in [0.1, 0.15) is 11.3 Å². The molecular formula is C21H23N3O4S.